The van der Waals surface area contributed by atoms with Gasteiger partial charge in [-0.1, -0.05) is 51.1 Å². The first-order valence-corrected chi connectivity index (χ1v) is 13.4. The molecular weight excluding hydrogens is 425 g/mol. The van der Waals surface area contributed by atoms with Crippen LogP contribution in [0.3, 0.4) is 0 Å². The van der Waals surface area contributed by atoms with Gasteiger partial charge in [0.1, 0.15) is 12.4 Å². The van der Waals surface area contributed by atoms with Crippen LogP contribution in [0.4, 0.5) is 14.9 Å². The van der Waals surface area contributed by atoms with E-state index in [9.17, 15) is 9.18 Å². The van der Waals surface area contributed by atoms with Crippen molar-refractivity contribution >= 4 is 20.1 Å². The molecule has 1 amide bonds. The molecule has 1 N–H and O–H groups in total. The number of halogens is 1. The molecule has 0 aliphatic rings. The Morgan fingerprint density at radius 3 is 2.50 bits per heavy atom. The molecule has 0 aliphatic heterocycles. The molecule has 1 heterocycles. The standard InChI is InChI=1S/C24H30FN3O3Si/c1-24(2,3)32(4,5)31-16-20-14-28(17-26-20)22-12-11-19(13-21(22)25)27-23(29)30-15-18-9-7-6-8-10-18/h6-14,17H,15-16H2,1-5H3,(H,27,29). The molecule has 0 saturated carbocycles. The van der Waals surface area contributed by atoms with Gasteiger partial charge in [0, 0.05) is 11.9 Å². The number of ether oxygens (including phenoxy) is 1. The maximum atomic E-state index is 14.7. The maximum absolute atomic E-state index is 14.7. The van der Waals surface area contributed by atoms with Gasteiger partial charge in [0.15, 0.2) is 8.32 Å². The van der Waals surface area contributed by atoms with Gasteiger partial charge in [0.2, 0.25) is 0 Å². The summed E-state index contributed by atoms with van der Waals surface area (Å²) in [5.74, 6) is -0.486. The Morgan fingerprint density at radius 1 is 1.12 bits per heavy atom. The third-order valence-corrected chi connectivity index (χ3v) is 10.2. The second-order valence-corrected chi connectivity index (χ2v) is 14.0. The minimum absolute atomic E-state index is 0.104. The van der Waals surface area contributed by atoms with Crippen LogP contribution >= 0.6 is 0 Å². The van der Waals surface area contributed by atoms with Crippen molar-refractivity contribution in [3.8, 4) is 5.69 Å². The lowest BCUT2D eigenvalue weighted by Crippen LogP contribution is -2.40. The van der Waals surface area contributed by atoms with E-state index >= 15 is 0 Å². The molecule has 3 rings (SSSR count). The van der Waals surface area contributed by atoms with Gasteiger partial charge in [-0.3, -0.25) is 5.32 Å². The van der Waals surface area contributed by atoms with E-state index < -0.39 is 20.2 Å². The fraction of sp³-hybridized carbons (Fsp3) is 0.333. The number of nitrogens with zero attached hydrogens (tertiary/aromatic N) is 2. The molecule has 32 heavy (non-hydrogen) atoms. The van der Waals surface area contributed by atoms with Gasteiger partial charge in [-0.25, -0.2) is 14.2 Å². The average molecular weight is 456 g/mol. The van der Waals surface area contributed by atoms with Crippen molar-refractivity contribution in [1.82, 2.24) is 9.55 Å². The molecule has 6 nitrogen and oxygen atoms in total. The molecule has 0 atom stereocenters. The summed E-state index contributed by atoms with van der Waals surface area (Å²) in [5, 5.41) is 2.65. The largest absolute Gasteiger partial charge is 0.444 e. The fourth-order valence-electron chi connectivity index (χ4n) is 2.71. The van der Waals surface area contributed by atoms with Crippen LogP contribution in [0.15, 0.2) is 61.1 Å². The highest BCUT2D eigenvalue weighted by molar-refractivity contribution is 6.74. The monoisotopic (exact) mass is 455 g/mol. The normalized spacial score (nSPS) is 11.9. The van der Waals surface area contributed by atoms with Crippen molar-refractivity contribution in [1.29, 1.82) is 0 Å². The summed E-state index contributed by atoms with van der Waals surface area (Å²) in [7, 11) is -1.90. The molecule has 0 fully saturated rings. The van der Waals surface area contributed by atoms with E-state index in [0.717, 1.165) is 11.3 Å². The van der Waals surface area contributed by atoms with Gasteiger partial charge in [-0.15, -0.1) is 0 Å². The van der Waals surface area contributed by atoms with E-state index in [0.29, 0.717) is 18.0 Å². The second kappa shape index (κ2) is 9.66. The number of benzene rings is 2. The van der Waals surface area contributed by atoms with Crippen LogP contribution in [0.5, 0.6) is 0 Å². The summed E-state index contributed by atoms with van der Waals surface area (Å²) in [6.45, 7) is 11.4. The number of rotatable bonds is 7. The van der Waals surface area contributed by atoms with Crippen LogP contribution in [0.25, 0.3) is 5.69 Å². The highest BCUT2D eigenvalue weighted by Crippen LogP contribution is 2.37. The second-order valence-electron chi connectivity index (χ2n) is 9.17. The summed E-state index contributed by atoms with van der Waals surface area (Å²) < 4.78 is 27.7. The number of hydrogen-bond acceptors (Lipinski definition) is 4. The Balaban J connectivity index is 1.60. The van der Waals surface area contributed by atoms with Gasteiger partial charge in [-0.05, 0) is 41.9 Å². The molecule has 0 saturated heterocycles. The van der Waals surface area contributed by atoms with Crippen molar-refractivity contribution in [3.63, 3.8) is 0 Å². The number of amides is 1. The van der Waals surface area contributed by atoms with Crippen molar-refractivity contribution in [3.05, 3.63) is 78.1 Å². The predicted molar refractivity (Wildman–Crippen MR) is 126 cm³/mol. The summed E-state index contributed by atoms with van der Waals surface area (Å²) in [4.78, 5) is 16.3. The highest BCUT2D eigenvalue weighted by atomic mass is 28.4. The first-order valence-electron chi connectivity index (χ1n) is 10.5. The Bertz CT molecular complexity index is 1060. The van der Waals surface area contributed by atoms with E-state index in [1.807, 2.05) is 30.3 Å². The molecule has 1 aromatic heterocycles. The topological polar surface area (TPSA) is 65.4 Å². The maximum Gasteiger partial charge on any atom is 0.411 e. The van der Waals surface area contributed by atoms with Crippen molar-refractivity contribution in [2.24, 2.45) is 0 Å². The van der Waals surface area contributed by atoms with E-state index in [2.05, 4.69) is 44.2 Å². The molecule has 0 aliphatic carbocycles. The Hall–Kier alpha value is -2.97. The zero-order chi connectivity index (χ0) is 23.4. The summed E-state index contributed by atoms with van der Waals surface area (Å²) in [5.41, 5.74) is 2.25. The number of hydrogen-bond donors (Lipinski definition) is 1. The zero-order valence-corrected chi connectivity index (χ0v) is 20.2. The quantitative estimate of drug-likeness (QED) is 0.426. The number of nitrogens with one attached hydrogen (secondary N) is 1. The molecule has 0 radical (unpaired) electrons. The SMILES string of the molecule is CC(C)(C)[Si](C)(C)OCc1cn(-c2ccc(NC(=O)OCc3ccccc3)cc2F)cn1. The molecule has 170 valence electrons. The lowest BCUT2D eigenvalue weighted by Gasteiger charge is -2.35. The van der Waals surface area contributed by atoms with E-state index in [1.165, 1.54) is 6.07 Å². The van der Waals surface area contributed by atoms with Crippen LogP contribution < -0.4 is 5.32 Å². The van der Waals surface area contributed by atoms with E-state index in [-0.39, 0.29) is 11.6 Å². The number of imidazole rings is 1. The number of carbonyl (C=O) groups is 1. The van der Waals surface area contributed by atoms with Crippen molar-refractivity contribution in [2.45, 2.75) is 52.1 Å². The lowest BCUT2D eigenvalue weighted by atomic mass is 10.2. The van der Waals surface area contributed by atoms with Crippen molar-refractivity contribution in [2.75, 3.05) is 5.32 Å². The molecule has 0 spiro atoms. The molecule has 2 aromatic carbocycles. The first-order chi connectivity index (χ1) is 15.0. The fourth-order valence-corrected chi connectivity index (χ4v) is 3.65. The third-order valence-electron chi connectivity index (χ3n) is 5.71. The van der Waals surface area contributed by atoms with Gasteiger partial charge in [-0.2, -0.15) is 0 Å². The van der Waals surface area contributed by atoms with Crippen molar-refractivity contribution < 1.29 is 18.3 Å². The number of carbonyl (C=O) groups excluding carboxylic acids is 1. The van der Waals surface area contributed by atoms with E-state index in [4.69, 9.17) is 9.16 Å². The molecular formula is C24H30FN3O3Si. The minimum atomic E-state index is -1.90. The Morgan fingerprint density at radius 2 is 1.84 bits per heavy atom. The molecule has 0 bridgehead atoms. The van der Waals surface area contributed by atoms with Gasteiger partial charge in [0.05, 0.1) is 24.3 Å². The lowest BCUT2D eigenvalue weighted by molar-refractivity contribution is 0.155. The van der Waals surface area contributed by atoms with Gasteiger partial charge < -0.3 is 13.7 Å². The van der Waals surface area contributed by atoms with Gasteiger partial charge in [0.25, 0.3) is 0 Å². The summed E-state index contributed by atoms with van der Waals surface area (Å²) in [6.07, 6.45) is 2.67. The number of anilines is 1. The minimum Gasteiger partial charge on any atom is -0.444 e. The predicted octanol–water partition coefficient (Wildman–Crippen LogP) is 6.28. The third kappa shape index (κ3) is 6.05. The van der Waals surface area contributed by atoms with Crippen LogP contribution in [0.2, 0.25) is 18.1 Å². The number of aromatic nitrogens is 2. The molecule has 0 unspecified atom stereocenters. The average Bonchev–Trinajstić information content (AvgIpc) is 3.20. The zero-order valence-electron chi connectivity index (χ0n) is 19.2. The van der Waals surface area contributed by atoms with Crippen LogP contribution in [0, 0.1) is 5.82 Å². The first kappa shape index (κ1) is 23.7. The summed E-state index contributed by atoms with van der Waals surface area (Å²) >= 11 is 0. The van der Waals surface area contributed by atoms with Crippen LogP contribution in [-0.4, -0.2) is 24.0 Å². The Labute approximate surface area is 189 Å². The van der Waals surface area contributed by atoms with Gasteiger partial charge >= 0.3 is 6.09 Å². The molecule has 8 heteroatoms. The Kier molecular flexibility index (Phi) is 7.15. The highest BCUT2D eigenvalue weighted by Gasteiger charge is 2.37. The summed E-state index contributed by atoms with van der Waals surface area (Å²) in [6, 6.07) is 13.8. The van der Waals surface area contributed by atoms with Crippen LogP contribution in [0.1, 0.15) is 32.0 Å². The molecule has 3 aromatic rings. The van der Waals surface area contributed by atoms with E-state index in [1.54, 1.807) is 29.2 Å². The van der Waals surface area contributed by atoms with Crippen LogP contribution in [-0.2, 0) is 22.4 Å². The smallest absolute Gasteiger partial charge is 0.411 e.